The lowest BCUT2D eigenvalue weighted by Crippen LogP contribution is -2.04. The molecule has 0 spiro atoms. The van der Waals surface area contributed by atoms with Gasteiger partial charge in [0, 0.05) is 11.8 Å². The zero-order valence-electron chi connectivity index (χ0n) is 11.0. The third kappa shape index (κ3) is 2.68. The monoisotopic (exact) mass is 323 g/mol. The molecular formula is C13H14BrN3O2. The normalized spacial score (nSPS) is 10.7. The van der Waals surface area contributed by atoms with Gasteiger partial charge in [0.05, 0.1) is 21.6 Å². The summed E-state index contributed by atoms with van der Waals surface area (Å²) >= 11 is 3.18. The van der Waals surface area contributed by atoms with Gasteiger partial charge in [-0.05, 0) is 53.9 Å². The molecule has 0 amide bonds. The summed E-state index contributed by atoms with van der Waals surface area (Å²) in [5, 5.41) is 15.3. The smallest absolute Gasteiger partial charge is 0.265 e. The molecule has 0 aliphatic heterocycles. The third-order valence-electron chi connectivity index (χ3n) is 3.28. The Morgan fingerprint density at radius 2 is 2.05 bits per heavy atom. The minimum absolute atomic E-state index is 0.0794. The summed E-state index contributed by atoms with van der Waals surface area (Å²) in [6.07, 6.45) is 0. The minimum atomic E-state index is -0.389. The number of aryl methyl sites for hydroxylation is 1. The molecular weight excluding hydrogens is 310 g/mol. The number of rotatable bonds is 3. The van der Waals surface area contributed by atoms with Gasteiger partial charge in [0.25, 0.3) is 5.69 Å². The van der Waals surface area contributed by atoms with E-state index in [0.29, 0.717) is 11.0 Å². The van der Waals surface area contributed by atoms with Gasteiger partial charge in [-0.2, -0.15) is 5.10 Å². The SMILES string of the molecule is Cc1nn(Cc2ccc(Br)c([N+](=O)[O-])c2)c(C)c1C. The summed E-state index contributed by atoms with van der Waals surface area (Å²) < 4.78 is 2.36. The second-order valence-electron chi connectivity index (χ2n) is 4.50. The molecule has 2 aromatic rings. The lowest BCUT2D eigenvalue weighted by Gasteiger charge is -2.05. The number of nitro groups is 1. The van der Waals surface area contributed by atoms with Crippen molar-refractivity contribution in [2.45, 2.75) is 27.3 Å². The average molecular weight is 324 g/mol. The summed E-state index contributed by atoms with van der Waals surface area (Å²) in [6, 6.07) is 5.14. The molecule has 0 aliphatic rings. The lowest BCUT2D eigenvalue weighted by molar-refractivity contribution is -0.385. The Hall–Kier alpha value is -1.69. The van der Waals surface area contributed by atoms with E-state index in [4.69, 9.17) is 0 Å². The first-order valence-electron chi connectivity index (χ1n) is 5.83. The molecule has 1 heterocycles. The zero-order chi connectivity index (χ0) is 14.2. The average Bonchev–Trinajstić information content (AvgIpc) is 2.59. The van der Waals surface area contributed by atoms with E-state index in [-0.39, 0.29) is 10.6 Å². The van der Waals surface area contributed by atoms with Crippen LogP contribution in [0.2, 0.25) is 0 Å². The Bertz CT molecular complexity index is 650. The highest BCUT2D eigenvalue weighted by Gasteiger charge is 2.14. The van der Waals surface area contributed by atoms with Crippen molar-refractivity contribution in [2.24, 2.45) is 0 Å². The van der Waals surface area contributed by atoms with Crippen LogP contribution >= 0.6 is 15.9 Å². The summed E-state index contributed by atoms with van der Waals surface area (Å²) in [4.78, 5) is 10.5. The molecule has 6 heteroatoms. The first-order chi connectivity index (χ1) is 8.90. The van der Waals surface area contributed by atoms with Crippen molar-refractivity contribution in [3.05, 3.63) is 55.3 Å². The predicted molar refractivity (Wildman–Crippen MR) is 76.3 cm³/mol. The lowest BCUT2D eigenvalue weighted by atomic mass is 10.2. The van der Waals surface area contributed by atoms with Crippen LogP contribution in [0.1, 0.15) is 22.5 Å². The van der Waals surface area contributed by atoms with Gasteiger partial charge in [0.15, 0.2) is 0 Å². The fraction of sp³-hybridized carbons (Fsp3) is 0.308. The largest absolute Gasteiger partial charge is 0.283 e. The molecule has 0 unspecified atom stereocenters. The number of hydrogen-bond donors (Lipinski definition) is 0. The second-order valence-corrected chi connectivity index (χ2v) is 5.35. The van der Waals surface area contributed by atoms with E-state index in [1.165, 1.54) is 0 Å². The van der Waals surface area contributed by atoms with Crippen LogP contribution in [0.25, 0.3) is 0 Å². The molecule has 1 aromatic heterocycles. The van der Waals surface area contributed by atoms with Gasteiger partial charge in [-0.3, -0.25) is 14.8 Å². The molecule has 2 rings (SSSR count). The van der Waals surface area contributed by atoms with Crippen LogP contribution in [0.15, 0.2) is 22.7 Å². The van der Waals surface area contributed by atoms with E-state index in [0.717, 1.165) is 22.5 Å². The molecule has 0 radical (unpaired) electrons. The van der Waals surface area contributed by atoms with Crippen molar-refractivity contribution in [3.8, 4) is 0 Å². The summed E-state index contributed by atoms with van der Waals surface area (Å²) in [7, 11) is 0. The van der Waals surface area contributed by atoms with E-state index < -0.39 is 0 Å². The fourth-order valence-electron chi connectivity index (χ4n) is 1.91. The molecule has 0 saturated heterocycles. The van der Waals surface area contributed by atoms with Gasteiger partial charge in [-0.1, -0.05) is 6.07 Å². The number of halogens is 1. The van der Waals surface area contributed by atoms with Crippen LogP contribution in [0.5, 0.6) is 0 Å². The summed E-state index contributed by atoms with van der Waals surface area (Å²) in [5.74, 6) is 0. The Labute approximate surface area is 119 Å². The molecule has 1 aromatic carbocycles. The molecule has 19 heavy (non-hydrogen) atoms. The van der Waals surface area contributed by atoms with Crippen LogP contribution in [-0.4, -0.2) is 14.7 Å². The number of aromatic nitrogens is 2. The van der Waals surface area contributed by atoms with Crippen molar-refractivity contribution in [2.75, 3.05) is 0 Å². The van der Waals surface area contributed by atoms with Crippen LogP contribution < -0.4 is 0 Å². The number of benzene rings is 1. The summed E-state index contributed by atoms with van der Waals surface area (Å²) in [6.45, 7) is 6.53. The van der Waals surface area contributed by atoms with Crippen LogP contribution in [0, 0.1) is 30.9 Å². The van der Waals surface area contributed by atoms with Crippen molar-refractivity contribution in [1.29, 1.82) is 0 Å². The van der Waals surface area contributed by atoms with E-state index in [1.54, 1.807) is 12.1 Å². The topological polar surface area (TPSA) is 61.0 Å². The van der Waals surface area contributed by atoms with Crippen molar-refractivity contribution in [1.82, 2.24) is 9.78 Å². The molecule has 0 bridgehead atoms. The van der Waals surface area contributed by atoms with Crippen molar-refractivity contribution >= 4 is 21.6 Å². The van der Waals surface area contributed by atoms with Crippen LogP contribution in [-0.2, 0) is 6.54 Å². The van der Waals surface area contributed by atoms with E-state index >= 15 is 0 Å². The first kappa shape index (κ1) is 13.7. The molecule has 0 fully saturated rings. The Morgan fingerprint density at radius 3 is 2.58 bits per heavy atom. The number of hydrogen-bond acceptors (Lipinski definition) is 3. The molecule has 100 valence electrons. The second kappa shape index (κ2) is 5.13. The number of nitro benzene ring substituents is 1. The third-order valence-corrected chi connectivity index (χ3v) is 3.95. The highest BCUT2D eigenvalue weighted by Crippen LogP contribution is 2.26. The van der Waals surface area contributed by atoms with Gasteiger partial charge in [-0.25, -0.2) is 0 Å². The van der Waals surface area contributed by atoms with Gasteiger partial charge in [0.1, 0.15) is 0 Å². The summed E-state index contributed by atoms with van der Waals surface area (Å²) in [5.41, 5.74) is 4.18. The Morgan fingerprint density at radius 1 is 1.37 bits per heavy atom. The standard InChI is InChI=1S/C13H14BrN3O2/c1-8-9(2)15-16(10(8)3)7-11-4-5-12(14)13(6-11)17(18)19/h4-6H,7H2,1-3H3. The molecule has 0 aliphatic carbocycles. The van der Waals surface area contributed by atoms with Crippen LogP contribution in [0.4, 0.5) is 5.69 Å². The quantitative estimate of drug-likeness (QED) is 0.641. The van der Waals surface area contributed by atoms with Gasteiger partial charge in [0.2, 0.25) is 0 Å². The highest BCUT2D eigenvalue weighted by atomic mass is 79.9. The van der Waals surface area contributed by atoms with Gasteiger partial charge >= 0.3 is 0 Å². The zero-order valence-corrected chi connectivity index (χ0v) is 12.6. The highest BCUT2D eigenvalue weighted by molar-refractivity contribution is 9.10. The molecule has 0 saturated carbocycles. The Balaban J connectivity index is 2.36. The van der Waals surface area contributed by atoms with Gasteiger partial charge in [-0.15, -0.1) is 0 Å². The minimum Gasteiger partial charge on any atom is -0.265 e. The first-order valence-corrected chi connectivity index (χ1v) is 6.63. The maximum Gasteiger partial charge on any atom is 0.283 e. The number of nitrogens with zero attached hydrogens (tertiary/aromatic N) is 3. The van der Waals surface area contributed by atoms with E-state index in [2.05, 4.69) is 21.0 Å². The van der Waals surface area contributed by atoms with Crippen molar-refractivity contribution < 1.29 is 4.92 Å². The van der Waals surface area contributed by atoms with E-state index in [1.807, 2.05) is 31.5 Å². The maximum absolute atomic E-state index is 10.9. The fourth-order valence-corrected chi connectivity index (χ4v) is 2.30. The predicted octanol–water partition coefficient (Wildman–Crippen LogP) is 3.53. The van der Waals surface area contributed by atoms with E-state index in [9.17, 15) is 10.1 Å². The molecule has 0 atom stereocenters. The van der Waals surface area contributed by atoms with Crippen LogP contribution in [0.3, 0.4) is 0 Å². The molecule has 5 nitrogen and oxygen atoms in total. The van der Waals surface area contributed by atoms with Crippen molar-refractivity contribution in [3.63, 3.8) is 0 Å². The maximum atomic E-state index is 10.9. The van der Waals surface area contributed by atoms with Gasteiger partial charge < -0.3 is 0 Å². The Kier molecular flexibility index (Phi) is 3.71. The molecule has 0 N–H and O–H groups in total.